The number of nitrogens with zero attached hydrogens (tertiary/aromatic N) is 3. The molecule has 0 aliphatic carbocycles. The van der Waals surface area contributed by atoms with Crippen molar-refractivity contribution in [2.45, 2.75) is 13.0 Å². The molecule has 1 amide bonds. The number of hydrogen-bond donors (Lipinski definition) is 1. The maximum absolute atomic E-state index is 12.4. The highest BCUT2D eigenvalue weighted by Gasteiger charge is 2.15. The maximum Gasteiger partial charge on any atom is 0.241 e. The Kier molecular flexibility index (Phi) is 6.72. The van der Waals surface area contributed by atoms with Gasteiger partial charge in [0.05, 0.1) is 31.0 Å². The second kappa shape index (κ2) is 10.2. The molecule has 0 aliphatic rings. The number of nitrogens with one attached hydrogen (secondary N) is 1. The Bertz CT molecular complexity index is 1200. The van der Waals surface area contributed by atoms with E-state index in [1.807, 2.05) is 77.4 Å². The molecule has 3 aromatic carbocycles. The molecule has 0 spiro atoms. The van der Waals surface area contributed by atoms with Gasteiger partial charge in [0, 0.05) is 24.1 Å². The smallest absolute Gasteiger partial charge is 0.241 e. The summed E-state index contributed by atoms with van der Waals surface area (Å²) < 4.78 is 7.21. The van der Waals surface area contributed by atoms with Gasteiger partial charge >= 0.3 is 0 Å². The topological polar surface area (TPSA) is 68.5 Å². The van der Waals surface area contributed by atoms with Crippen LogP contribution in [0.4, 0.5) is 0 Å². The van der Waals surface area contributed by atoms with Crippen LogP contribution in [0, 0.1) is 0 Å². The molecule has 6 nitrogen and oxygen atoms in total. The molecule has 4 rings (SSSR count). The first kappa shape index (κ1) is 21.1. The van der Waals surface area contributed by atoms with Gasteiger partial charge in [0.25, 0.3) is 0 Å². The normalized spacial score (nSPS) is 10.9. The van der Waals surface area contributed by atoms with E-state index in [-0.39, 0.29) is 12.3 Å². The van der Waals surface area contributed by atoms with Gasteiger partial charge in [-0.25, -0.2) is 10.4 Å². The fourth-order valence-corrected chi connectivity index (χ4v) is 3.44. The summed E-state index contributed by atoms with van der Waals surface area (Å²) >= 11 is 0. The van der Waals surface area contributed by atoms with Crippen LogP contribution < -0.4 is 10.2 Å². The van der Waals surface area contributed by atoms with Crippen LogP contribution in [0.25, 0.3) is 22.5 Å². The van der Waals surface area contributed by atoms with Crippen LogP contribution in [0.2, 0.25) is 0 Å². The summed E-state index contributed by atoms with van der Waals surface area (Å²) in [6.45, 7) is 0.491. The Balaban J connectivity index is 1.46. The van der Waals surface area contributed by atoms with Gasteiger partial charge in [0.15, 0.2) is 0 Å². The molecule has 1 heterocycles. The van der Waals surface area contributed by atoms with E-state index in [1.165, 1.54) is 0 Å². The molecule has 32 heavy (non-hydrogen) atoms. The molecular weight excluding hydrogens is 400 g/mol. The summed E-state index contributed by atoms with van der Waals surface area (Å²) in [7, 11) is 1.61. The van der Waals surface area contributed by atoms with Crippen molar-refractivity contribution in [1.29, 1.82) is 0 Å². The Labute approximate surface area is 187 Å². The van der Waals surface area contributed by atoms with Gasteiger partial charge in [-0.05, 0) is 17.7 Å². The third kappa shape index (κ3) is 5.10. The average molecular weight is 425 g/mol. The van der Waals surface area contributed by atoms with Gasteiger partial charge < -0.3 is 9.30 Å². The molecule has 160 valence electrons. The van der Waals surface area contributed by atoms with Crippen LogP contribution in [-0.2, 0) is 11.3 Å². The highest BCUT2D eigenvalue weighted by atomic mass is 16.5. The number of imidazole rings is 1. The molecule has 1 aromatic heterocycles. The number of rotatable bonds is 8. The molecule has 1 N–H and O–H groups in total. The molecule has 0 saturated carbocycles. The van der Waals surface area contributed by atoms with E-state index in [9.17, 15) is 4.79 Å². The number of hydrazone groups is 1. The van der Waals surface area contributed by atoms with E-state index in [0.717, 1.165) is 33.8 Å². The van der Waals surface area contributed by atoms with Crippen molar-refractivity contribution in [2.75, 3.05) is 7.11 Å². The number of aromatic nitrogens is 2. The minimum absolute atomic E-state index is 0.168. The van der Waals surface area contributed by atoms with Crippen molar-refractivity contribution in [2.24, 2.45) is 5.10 Å². The third-order valence-corrected chi connectivity index (χ3v) is 5.01. The zero-order valence-electron chi connectivity index (χ0n) is 17.8. The lowest BCUT2D eigenvalue weighted by molar-refractivity contribution is -0.121. The minimum atomic E-state index is -0.168. The lowest BCUT2D eigenvalue weighted by atomic mass is 10.0. The number of benzene rings is 3. The number of aryl methyl sites for hydroxylation is 1. The van der Waals surface area contributed by atoms with Crippen molar-refractivity contribution in [1.82, 2.24) is 15.0 Å². The first-order chi connectivity index (χ1) is 15.7. The Hall–Kier alpha value is -4.19. The molecule has 0 aliphatic heterocycles. The lowest BCUT2D eigenvalue weighted by Crippen LogP contribution is -2.19. The number of amides is 1. The summed E-state index contributed by atoms with van der Waals surface area (Å²) in [6.07, 6.45) is 3.66. The van der Waals surface area contributed by atoms with Crippen molar-refractivity contribution in [3.8, 4) is 28.3 Å². The Morgan fingerprint density at radius 1 is 1.00 bits per heavy atom. The van der Waals surface area contributed by atoms with Crippen molar-refractivity contribution in [3.63, 3.8) is 0 Å². The highest BCUT2D eigenvalue weighted by molar-refractivity contribution is 5.83. The molecule has 0 bridgehead atoms. The predicted octanol–water partition coefficient (Wildman–Crippen LogP) is 4.77. The summed E-state index contributed by atoms with van der Waals surface area (Å²) in [5.41, 5.74) is 7.42. The largest absolute Gasteiger partial charge is 0.497 e. The molecular formula is C26H24N4O2. The number of hydrogen-bond acceptors (Lipinski definition) is 4. The van der Waals surface area contributed by atoms with Gasteiger partial charge in [-0.3, -0.25) is 4.79 Å². The van der Waals surface area contributed by atoms with E-state index >= 15 is 0 Å². The SMILES string of the molecule is COc1cccc(/C=N/NC(=O)CCn2cnc(-c3ccccc3)c2-c2ccccc2)c1. The summed E-state index contributed by atoms with van der Waals surface area (Å²) in [5, 5.41) is 4.06. The van der Waals surface area contributed by atoms with Gasteiger partial charge in [-0.2, -0.15) is 5.10 Å². The van der Waals surface area contributed by atoms with Gasteiger partial charge in [0.1, 0.15) is 5.75 Å². The second-order valence-corrected chi connectivity index (χ2v) is 7.19. The standard InChI is InChI=1S/C26H24N4O2/c1-32-23-14-8-9-20(17-23)18-28-29-24(31)15-16-30-19-27-25(21-10-4-2-5-11-21)26(30)22-12-6-3-7-13-22/h2-14,17-19H,15-16H2,1H3,(H,29,31)/b28-18+. The summed E-state index contributed by atoms with van der Waals surface area (Å²) in [6, 6.07) is 27.6. The molecule has 0 unspecified atom stereocenters. The van der Waals surface area contributed by atoms with Crippen LogP contribution in [-0.4, -0.2) is 28.8 Å². The van der Waals surface area contributed by atoms with E-state index in [2.05, 4.69) is 27.6 Å². The second-order valence-electron chi connectivity index (χ2n) is 7.19. The monoisotopic (exact) mass is 424 g/mol. The molecule has 0 fully saturated rings. The fourth-order valence-electron chi connectivity index (χ4n) is 3.44. The third-order valence-electron chi connectivity index (χ3n) is 5.01. The number of ether oxygens (including phenoxy) is 1. The van der Waals surface area contributed by atoms with E-state index in [1.54, 1.807) is 19.7 Å². The predicted molar refractivity (Wildman–Crippen MR) is 126 cm³/mol. The van der Waals surface area contributed by atoms with E-state index in [4.69, 9.17) is 4.74 Å². The van der Waals surface area contributed by atoms with Gasteiger partial charge in [-0.15, -0.1) is 0 Å². The lowest BCUT2D eigenvalue weighted by Gasteiger charge is -2.10. The molecule has 0 radical (unpaired) electrons. The summed E-state index contributed by atoms with van der Waals surface area (Å²) in [4.78, 5) is 17.0. The molecule has 4 aromatic rings. The zero-order valence-corrected chi connectivity index (χ0v) is 17.8. The molecule has 6 heteroatoms. The number of methoxy groups -OCH3 is 1. The number of carbonyl (C=O) groups is 1. The van der Waals surface area contributed by atoms with Crippen LogP contribution in [0.3, 0.4) is 0 Å². The molecule has 0 atom stereocenters. The van der Waals surface area contributed by atoms with Crippen LogP contribution >= 0.6 is 0 Å². The van der Waals surface area contributed by atoms with E-state index in [0.29, 0.717) is 6.54 Å². The Morgan fingerprint density at radius 2 is 1.72 bits per heavy atom. The number of carbonyl (C=O) groups excluding carboxylic acids is 1. The van der Waals surface area contributed by atoms with Crippen LogP contribution in [0.15, 0.2) is 96.4 Å². The van der Waals surface area contributed by atoms with E-state index < -0.39 is 0 Å². The maximum atomic E-state index is 12.4. The molecule has 0 saturated heterocycles. The van der Waals surface area contributed by atoms with Crippen molar-refractivity contribution < 1.29 is 9.53 Å². The Morgan fingerprint density at radius 3 is 2.44 bits per heavy atom. The van der Waals surface area contributed by atoms with Crippen molar-refractivity contribution >= 4 is 12.1 Å². The van der Waals surface area contributed by atoms with Crippen LogP contribution in [0.1, 0.15) is 12.0 Å². The first-order valence-electron chi connectivity index (χ1n) is 10.4. The highest BCUT2D eigenvalue weighted by Crippen LogP contribution is 2.31. The average Bonchev–Trinajstić information content (AvgIpc) is 3.28. The van der Waals surface area contributed by atoms with Gasteiger partial charge in [-0.1, -0.05) is 72.8 Å². The van der Waals surface area contributed by atoms with Crippen molar-refractivity contribution in [3.05, 3.63) is 96.8 Å². The fraction of sp³-hybridized carbons (Fsp3) is 0.115. The van der Waals surface area contributed by atoms with Crippen LogP contribution in [0.5, 0.6) is 5.75 Å². The summed E-state index contributed by atoms with van der Waals surface area (Å²) in [5.74, 6) is 0.571. The quantitative estimate of drug-likeness (QED) is 0.327. The minimum Gasteiger partial charge on any atom is -0.497 e. The zero-order chi connectivity index (χ0) is 22.2. The van der Waals surface area contributed by atoms with Gasteiger partial charge in [0.2, 0.25) is 5.91 Å². The first-order valence-corrected chi connectivity index (χ1v) is 10.4.